The molecular weight excluding hydrogens is 340 g/mol. The number of benzene rings is 1. The van der Waals surface area contributed by atoms with E-state index in [4.69, 9.17) is 4.74 Å². The third-order valence-electron chi connectivity index (χ3n) is 5.91. The molecule has 1 aromatic carbocycles. The van der Waals surface area contributed by atoms with Gasteiger partial charge < -0.3 is 14.5 Å². The Morgan fingerprint density at radius 2 is 1.78 bits per heavy atom. The van der Waals surface area contributed by atoms with Gasteiger partial charge in [-0.15, -0.1) is 0 Å². The van der Waals surface area contributed by atoms with Gasteiger partial charge in [0, 0.05) is 6.42 Å². The first kappa shape index (κ1) is 21.4. The molecule has 5 heteroatoms. The molecule has 1 amide bonds. The number of quaternary nitrogens is 1. The van der Waals surface area contributed by atoms with Gasteiger partial charge >= 0.3 is 5.97 Å². The van der Waals surface area contributed by atoms with Gasteiger partial charge in [0.2, 0.25) is 0 Å². The van der Waals surface area contributed by atoms with E-state index in [1.54, 1.807) is 13.0 Å². The van der Waals surface area contributed by atoms with Gasteiger partial charge in [0.15, 0.2) is 6.04 Å². The zero-order valence-corrected chi connectivity index (χ0v) is 17.6. The predicted octanol–water partition coefficient (Wildman–Crippen LogP) is 4.22. The first-order valence-electron chi connectivity index (χ1n) is 10.3. The average molecular weight is 376 g/mol. The minimum atomic E-state index is -0.384. The van der Waals surface area contributed by atoms with Crippen LogP contribution in [0.3, 0.4) is 0 Å². The smallest absolute Gasteiger partial charge is 0.340 e. The van der Waals surface area contributed by atoms with Gasteiger partial charge in [-0.25, -0.2) is 4.79 Å². The van der Waals surface area contributed by atoms with Gasteiger partial charge in [0.25, 0.3) is 5.91 Å². The number of esters is 1. The molecule has 1 N–H and O–H groups in total. The molecule has 1 aliphatic rings. The van der Waals surface area contributed by atoms with Crippen LogP contribution >= 0.6 is 0 Å². The zero-order chi connectivity index (χ0) is 20.0. The standard InChI is InChI=1S/C22H34N2O3/c1-6-19(24(7-2)12-10-9-11-13-24)21(25)23-20-17(5)14-16(4)15-18(20)22(26)27-8-3/h14-15,19H,6-13H2,1-5H3/p+1. The van der Waals surface area contributed by atoms with Crippen molar-refractivity contribution in [1.29, 1.82) is 0 Å². The van der Waals surface area contributed by atoms with E-state index in [9.17, 15) is 9.59 Å². The maximum absolute atomic E-state index is 13.3. The molecule has 0 aliphatic carbocycles. The van der Waals surface area contributed by atoms with Gasteiger partial charge in [-0.3, -0.25) is 4.79 Å². The number of likely N-dealkylation sites (tertiary alicyclic amines) is 1. The molecular formula is C22H35N2O3+. The van der Waals surface area contributed by atoms with Gasteiger partial charge in [-0.2, -0.15) is 0 Å². The summed E-state index contributed by atoms with van der Waals surface area (Å²) in [7, 11) is 0. The summed E-state index contributed by atoms with van der Waals surface area (Å²) in [5, 5.41) is 3.10. The normalized spacial score (nSPS) is 17.2. The fraction of sp³-hybridized carbons (Fsp3) is 0.636. The van der Waals surface area contributed by atoms with E-state index in [0.29, 0.717) is 17.9 Å². The summed E-state index contributed by atoms with van der Waals surface area (Å²) in [6.07, 6.45) is 4.39. The van der Waals surface area contributed by atoms with E-state index in [0.717, 1.165) is 41.7 Å². The lowest BCUT2D eigenvalue weighted by atomic mass is 9.99. The van der Waals surface area contributed by atoms with Gasteiger partial charge in [-0.1, -0.05) is 13.0 Å². The van der Waals surface area contributed by atoms with Crippen LogP contribution in [0.25, 0.3) is 0 Å². The second kappa shape index (κ2) is 9.36. The molecule has 1 aliphatic heterocycles. The molecule has 0 saturated carbocycles. The van der Waals surface area contributed by atoms with Crippen molar-refractivity contribution in [2.75, 3.05) is 31.6 Å². The molecule has 0 spiro atoms. The average Bonchev–Trinajstić information content (AvgIpc) is 2.65. The van der Waals surface area contributed by atoms with Crippen LogP contribution in [0.1, 0.15) is 67.9 Å². The first-order chi connectivity index (χ1) is 12.9. The Hall–Kier alpha value is -1.88. The van der Waals surface area contributed by atoms with Crippen LogP contribution in [0, 0.1) is 13.8 Å². The number of carbonyl (C=O) groups is 2. The second-order valence-corrected chi connectivity index (χ2v) is 7.68. The second-order valence-electron chi connectivity index (χ2n) is 7.68. The Morgan fingerprint density at radius 3 is 2.33 bits per heavy atom. The summed E-state index contributed by atoms with van der Waals surface area (Å²) >= 11 is 0. The van der Waals surface area contributed by atoms with Crippen LogP contribution in [-0.2, 0) is 9.53 Å². The number of hydrogen-bond acceptors (Lipinski definition) is 3. The van der Waals surface area contributed by atoms with Crippen molar-refractivity contribution in [2.45, 2.75) is 66.3 Å². The number of piperidine rings is 1. The third kappa shape index (κ3) is 4.70. The molecule has 1 atom stereocenters. The number of carbonyl (C=O) groups excluding carboxylic acids is 2. The van der Waals surface area contributed by atoms with Crippen molar-refractivity contribution in [2.24, 2.45) is 0 Å². The van der Waals surface area contributed by atoms with Crippen LogP contribution < -0.4 is 5.32 Å². The Balaban J connectivity index is 2.34. The number of amides is 1. The highest BCUT2D eigenvalue weighted by atomic mass is 16.5. The lowest BCUT2D eigenvalue weighted by Gasteiger charge is -2.45. The van der Waals surface area contributed by atoms with Crippen LogP contribution in [0.2, 0.25) is 0 Å². The zero-order valence-electron chi connectivity index (χ0n) is 17.6. The van der Waals surface area contributed by atoms with E-state index in [2.05, 4.69) is 19.2 Å². The van der Waals surface area contributed by atoms with Crippen LogP contribution in [0.5, 0.6) is 0 Å². The van der Waals surface area contributed by atoms with Gasteiger partial charge in [0.05, 0.1) is 37.5 Å². The fourth-order valence-corrected chi connectivity index (χ4v) is 4.52. The van der Waals surface area contributed by atoms with E-state index in [-0.39, 0.29) is 17.9 Å². The fourth-order valence-electron chi connectivity index (χ4n) is 4.52. The highest BCUT2D eigenvalue weighted by Crippen LogP contribution is 2.28. The van der Waals surface area contributed by atoms with Crippen molar-refractivity contribution >= 4 is 17.6 Å². The van der Waals surface area contributed by atoms with Crippen LogP contribution in [-0.4, -0.2) is 48.6 Å². The topological polar surface area (TPSA) is 55.4 Å². The summed E-state index contributed by atoms with van der Waals surface area (Å²) in [5.74, 6) is -0.372. The Labute approximate surface area is 163 Å². The Kier molecular flexibility index (Phi) is 7.42. The number of nitrogens with one attached hydrogen (secondary N) is 1. The summed E-state index contributed by atoms with van der Waals surface area (Å²) in [4.78, 5) is 25.7. The van der Waals surface area contributed by atoms with Crippen LogP contribution in [0.15, 0.2) is 12.1 Å². The molecule has 150 valence electrons. The van der Waals surface area contributed by atoms with Crippen molar-refractivity contribution in [3.63, 3.8) is 0 Å². The maximum atomic E-state index is 13.3. The predicted molar refractivity (Wildman–Crippen MR) is 109 cm³/mol. The number of aryl methyl sites for hydroxylation is 2. The molecule has 2 rings (SSSR count). The number of hydrogen-bond donors (Lipinski definition) is 1. The molecule has 27 heavy (non-hydrogen) atoms. The van der Waals surface area contributed by atoms with Crippen molar-refractivity contribution in [3.8, 4) is 0 Å². The summed E-state index contributed by atoms with van der Waals surface area (Å²) in [6, 6.07) is 3.70. The number of nitrogens with zero attached hydrogens (tertiary/aromatic N) is 1. The maximum Gasteiger partial charge on any atom is 0.340 e. The first-order valence-corrected chi connectivity index (χ1v) is 10.3. The Morgan fingerprint density at radius 1 is 1.11 bits per heavy atom. The lowest BCUT2D eigenvalue weighted by Crippen LogP contribution is -2.61. The molecule has 5 nitrogen and oxygen atoms in total. The van der Waals surface area contributed by atoms with Crippen molar-refractivity contribution in [1.82, 2.24) is 0 Å². The van der Waals surface area contributed by atoms with E-state index < -0.39 is 0 Å². The lowest BCUT2D eigenvalue weighted by molar-refractivity contribution is -0.945. The number of anilines is 1. The quantitative estimate of drug-likeness (QED) is 0.573. The molecule has 1 unspecified atom stereocenters. The molecule has 1 saturated heterocycles. The number of likely N-dealkylation sites (N-methyl/N-ethyl adjacent to an activating group) is 1. The summed E-state index contributed by atoms with van der Waals surface area (Å²) < 4.78 is 6.06. The SMILES string of the molecule is CCOC(=O)c1cc(C)cc(C)c1NC(=O)C(CC)[N+]1(CC)CCCCC1. The minimum absolute atomic E-state index is 0.0127. The monoisotopic (exact) mass is 375 g/mol. The molecule has 0 aromatic heterocycles. The summed E-state index contributed by atoms with van der Waals surface area (Å²) in [6.45, 7) is 13.3. The minimum Gasteiger partial charge on any atom is -0.462 e. The largest absolute Gasteiger partial charge is 0.462 e. The molecule has 1 fully saturated rings. The molecule has 0 radical (unpaired) electrons. The van der Waals surface area contributed by atoms with E-state index in [1.165, 1.54) is 19.3 Å². The van der Waals surface area contributed by atoms with Gasteiger partial charge in [0.1, 0.15) is 0 Å². The summed E-state index contributed by atoms with van der Waals surface area (Å²) in [5.41, 5.74) is 2.91. The number of rotatable bonds is 7. The highest BCUT2D eigenvalue weighted by Gasteiger charge is 2.40. The van der Waals surface area contributed by atoms with E-state index >= 15 is 0 Å². The number of ether oxygens (including phenoxy) is 1. The van der Waals surface area contributed by atoms with E-state index in [1.807, 2.05) is 19.9 Å². The molecule has 0 bridgehead atoms. The van der Waals surface area contributed by atoms with Gasteiger partial charge in [-0.05, 0) is 64.2 Å². The molecule has 1 aromatic rings. The van der Waals surface area contributed by atoms with Crippen molar-refractivity contribution in [3.05, 3.63) is 28.8 Å². The Bertz CT molecular complexity index is 678. The third-order valence-corrected chi connectivity index (χ3v) is 5.91. The molecule has 1 heterocycles. The van der Waals surface area contributed by atoms with Crippen molar-refractivity contribution < 1.29 is 18.8 Å². The highest BCUT2D eigenvalue weighted by molar-refractivity contribution is 6.03. The van der Waals surface area contributed by atoms with Crippen LogP contribution in [0.4, 0.5) is 5.69 Å².